The quantitative estimate of drug-likeness (QED) is 0.788. The molecule has 158 valence electrons. The van der Waals surface area contributed by atoms with Gasteiger partial charge in [-0.1, -0.05) is 6.07 Å². The zero-order valence-electron chi connectivity index (χ0n) is 16.0. The van der Waals surface area contributed by atoms with E-state index < -0.39 is 23.7 Å². The number of ether oxygens (including phenoxy) is 3. The van der Waals surface area contributed by atoms with Gasteiger partial charge in [-0.25, -0.2) is 4.98 Å². The summed E-state index contributed by atoms with van der Waals surface area (Å²) in [5, 5.41) is 12.5. The molecule has 8 nitrogen and oxygen atoms in total. The minimum absolute atomic E-state index is 0.0332. The molecule has 1 aromatic carbocycles. The van der Waals surface area contributed by atoms with Gasteiger partial charge < -0.3 is 29.5 Å². The second kappa shape index (κ2) is 6.43. The number of pyridine rings is 1. The van der Waals surface area contributed by atoms with E-state index in [1.165, 1.54) is 12.1 Å². The van der Waals surface area contributed by atoms with E-state index in [-0.39, 0.29) is 18.1 Å². The number of fused-ring (bicyclic) bond motifs is 2. The fraction of sp³-hybridized carbons (Fsp3) is 0.400. The zero-order valence-corrected chi connectivity index (χ0v) is 16.0. The number of β-amino-alcohol motifs (C(OH)–C–C–N with tert-alkyl or cyclic N) is 1. The summed E-state index contributed by atoms with van der Waals surface area (Å²) in [7, 11) is 0. The number of aliphatic hydroxyl groups is 1. The van der Waals surface area contributed by atoms with E-state index in [9.17, 15) is 18.7 Å². The molecular weight excluding hydrogens is 400 g/mol. The van der Waals surface area contributed by atoms with Gasteiger partial charge in [0, 0.05) is 24.7 Å². The third-order valence-electron chi connectivity index (χ3n) is 5.58. The van der Waals surface area contributed by atoms with Crippen LogP contribution in [0.1, 0.15) is 18.9 Å². The van der Waals surface area contributed by atoms with Crippen molar-refractivity contribution in [1.29, 1.82) is 0 Å². The third-order valence-corrected chi connectivity index (χ3v) is 5.58. The molecule has 0 saturated carbocycles. The van der Waals surface area contributed by atoms with Gasteiger partial charge in [0.1, 0.15) is 29.4 Å². The molecule has 2 aromatic rings. The average Bonchev–Trinajstić information content (AvgIpc) is 3.35. The monoisotopic (exact) mass is 419 g/mol. The van der Waals surface area contributed by atoms with E-state index in [2.05, 4.69) is 19.8 Å². The standard InChI is InChI=1S/C20H19F2N3O5/c1-19(10-28-13-8-15-14(7-12(13)19)29-20(21,22)30-15)18(27)24-16-3-2-4-17(23-16)25-6-5-11(26)9-25/h2-4,7-8,11,26H,5-6,9-10H2,1H3,(H,23,24,27)/t11-,19-/m0/s1. The highest BCUT2D eigenvalue weighted by atomic mass is 19.3. The van der Waals surface area contributed by atoms with Gasteiger partial charge in [0.05, 0.1) is 6.10 Å². The first-order valence-electron chi connectivity index (χ1n) is 9.52. The number of nitrogens with one attached hydrogen (secondary N) is 1. The molecule has 10 heteroatoms. The van der Waals surface area contributed by atoms with E-state index >= 15 is 0 Å². The second-order valence-electron chi connectivity index (χ2n) is 7.81. The maximum atomic E-state index is 13.4. The lowest BCUT2D eigenvalue weighted by molar-refractivity contribution is -0.286. The summed E-state index contributed by atoms with van der Waals surface area (Å²) in [5.41, 5.74) is -0.702. The van der Waals surface area contributed by atoms with Crippen molar-refractivity contribution in [2.45, 2.75) is 31.2 Å². The molecule has 2 atom stereocenters. The maximum Gasteiger partial charge on any atom is 0.586 e. The van der Waals surface area contributed by atoms with Crippen LogP contribution in [0, 0.1) is 0 Å². The number of halogens is 2. The molecule has 3 aliphatic rings. The molecule has 4 heterocycles. The van der Waals surface area contributed by atoms with Gasteiger partial charge in [-0.2, -0.15) is 0 Å². The number of carbonyl (C=O) groups excluding carboxylic acids is 1. The summed E-state index contributed by atoms with van der Waals surface area (Å²) in [4.78, 5) is 19.5. The van der Waals surface area contributed by atoms with Crippen molar-refractivity contribution in [1.82, 2.24) is 4.98 Å². The topological polar surface area (TPSA) is 93.2 Å². The van der Waals surface area contributed by atoms with Gasteiger partial charge in [-0.15, -0.1) is 8.78 Å². The summed E-state index contributed by atoms with van der Waals surface area (Å²) < 4.78 is 41.3. The van der Waals surface area contributed by atoms with Crippen molar-refractivity contribution in [3.8, 4) is 17.2 Å². The Morgan fingerprint density at radius 3 is 2.77 bits per heavy atom. The highest BCUT2D eigenvalue weighted by Gasteiger charge is 2.49. The van der Waals surface area contributed by atoms with Crippen LogP contribution in [0.15, 0.2) is 30.3 Å². The van der Waals surface area contributed by atoms with Crippen molar-refractivity contribution in [3.63, 3.8) is 0 Å². The third kappa shape index (κ3) is 3.07. The van der Waals surface area contributed by atoms with Crippen molar-refractivity contribution in [3.05, 3.63) is 35.9 Å². The lowest BCUT2D eigenvalue weighted by Gasteiger charge is -2.22. The van der Waals surface area contributed by atoms with Crippen LogP contribution in [0.3, 0.4) is 0 Å². The zero-order chi connectivity index (χ0) is 21.1. The molecule has 1 amide bonds. The van der Waals surface area contributed by atoms with Crippen LogP contribution < -0.4 is 24.4 Å². The van der Waals surface area contributed by atoms with Gasteiger partial charge in [0.2, 0.25) is 5.91 Å². The Hall–Kier alpha value is -3.14. The summed E-state index contributed by atoms with van der Waals surface area (Å²) in [6, 6.07) is 7.90. The minimum atomic E-state index is -3.75. The van der Waals surface area contributed by atoms with E-state index in [0.717, 1.165) is 0 Å². The molecule has 30 heavy (non-hydrogen) atoms. The molecule has 1 fully saturated rings. The molecule has 3 aliphatic heterocycles. The number of aliphatic hydroxyl groups excluding tert-OH is 1. The molecule has 0 radical (unpaired) electrons. The molecule has 0 bridgehead atoms. The largest absolute Gasteiger partial charge is 0.586 e. The summed E-state index contributed by atoms with van der Waals surface area (Å²) in [6.45, 7) is 2.87. The van der Waals surface area contributed by atoms with Crippen LogP contribution in [0.4, 0.5) is 20.4 Å². The van der Waals surface area contributed by atoms with E-state index in [4.69, 9.17) is 4.74 Å². The molecule has 0 aliphatic carbocycles. The average molecular weight is 419 g/mol. The number of anilines is 2. The van der Waals surface area contributed by atoms with Crippen molar-refractivity contribution >= 4 is 17.5 Å². The Morgan fingerprint density at radius 1 is 1.27 bits per heavy atom. The van der Waals surface area contributed by atoms with Crippen LogP contribution in [0.5, 0.6) is 17.2 Å². The lowest BCUT2D eigenvalue weighted by atomic mass is 9.83. The first-order chi connectivity index (χ1) is 14.2. The number of hydrogen-bond acceptors (Lipinski definition) is 7. The predicted molar refractivity (Wildman–Crippen MR) is 101 cm³/mol. The number of rotatable bonds is 3. The van der Waals surface area contributed by atoms with Gasteiger partial charge in [-0.05, 0) is 31.5 Å². The van der Waals surface area contributed by atoms with Crippen molar-refractivity contribution in [2.75, 3.05) is 29.9 Å². The number of aromatic nitrogens is 1. The first kappa shape index (κ1) is 18.9. The van der Waals surface area contributed by atoms with Crippen molar-refractivity contribution < 1.29 is 32.9 Å². The van der Waals surface area contributed by atoms with Crippen LogP contribution in [-0.2, 0) is 10.2 Å². The van der Waals surface area contributed by atoms with Crippen molar-refractivity contribution in [2.24, 2.45) is 0 Å². The molecule has 1 aromatic heterocycles. The molecular formula is C20H19F2N3O5. The van der Waals surface area contributed by atoms with Gasteiger partial charge >= 0.3 is 6.29 Å². The highest BCUT2D eigenvalue weighted by Crippen LogP contribution is 2.50. The predicted octanol–water partition coefficient (Wildman–Crippen LogP) is 2.26. The molecule has 5 rings (SSSR count). The summed E-state index contributed by atoms with van der Waals surface area (Å²) >= 11 is 0. The Bertz CT molecular complexity index is 1030. The smallest absolute Gasteiger partial charge is 0.492 e. The highest BCUT2D eigenvalue weighted by molar-refractivity contribution is 5.99. The van der Waals surface area contributed by atoms with Crippen LogP contribution in [0.25, 0.3) is 0 Å². The summed E-state index contributed by atoms with van der Waals surface area (Å²) in [5.74, 6) is 0.629. The number of alkyl halides is 2. The van der Waals surface area contributed by atoms with Gasteiger partial charge in [0.25, 0.3) is 0 Å². The van der Waals surface area contributed by atoms with Gasteiger partial charge in [0.15, 0.2) is 11.5 Å². The molecule has 1 saturated heterocycles. The Balaban J connectivity index is 1.38. The Labute approximate surface area is 170 Å². The van der Waals surface area contributed by atoms with Crippen LogP contribution in [-0.4, -0.2) is 48.1 Å². The number of hydrogen-bond donors (Lipinski definition) is 2. The minimum Gasteiger partial charge on any atom is -0.492 e. The summed E-state index contributed by atoms with van der Waals surface area (Å²) in [6.07, 6.45) is -3.47. The van der Waals surface area contributed by atoms with Gasteiger partial charge in [-0.3, -0.25) is 4.79 Å². The Kier molecular flexibility index (Phi) is 4.04. The fourth-order valence-corrected chi connectivity index (χ4v) is 3.89. The fourth-order valence-electron chi connectivity index (χ4n) is 3.89. The number of benzene rings is 1. The molecule has 0 spiro atoms. The number of carbonyl (C=O) groups is 1. The number of nitrogens with zero attached hydrogens (tertiary/aromatic N) is 2. The normalized spacial score (nSPS) is 25.7. The second-order valence-corrected chi connectivity index (χ2v) is 7.81. The van der Waals surface area contributed by atoms with Crippen LogP contribution in [0.2, 0.25) is 0 Å². The molecule has 2 N–H and O–H groups in total. The first-order valence-corrected chi connectivity index (χ1v) is 9.52. The Morgan fingerprint density at radius 2 is 2.03 bits per heavy atom. The van der Waals surface area contributed by atoms with Crippen LogP contribution >= 0.6 is 0 Å². The SMILES string of the molecule is C[C@]1(C(=O)Nc2cccc(N3CC[C@H](O)C3)n2)COc2cc3c(cc21)OC(F)(F)O3. The van der Waals surface area contributed by atoms with E-state index in [1.54, 1.807) is 19.1 Å². The van der Waals surface area contributed by atoms with E-state index in [0.29, 0.717) is 42.5 Å². The number of amides is 1. The molecule has 0 unspecified atom stereocenters. The maximum absolute atomic E-state index is 13.4. The lowest BCUT2D eigenvalue weighted by Crippen LogP contribution is -2.39. The van der Waals surface area contributed by atoms with E-state index in [1.807, 2.05) is 11.0 Å².